The predicted molar refractivity (Wildman–Crippen MR) is 175 cm³/mol. The second-order valence-electron chi connectivity index (χ2n) is 12.3. The summed E-state index contributed by atoms with van der Waals surface area (Å²) in [4.78, 5) is 14.0. The number of fused-ring (bicyclic) bond motifs is 5. The van der Waals surface area contributed by atoms with Gasteiger partial charge in [0.25, 0.3) is 0 Å². The molecule has 3 atom stereocenters. The Morgan fingerprint density at radius 1 is 0.978 bits per heavy atom. The quantitative estimate of drug-likeness (QED) is 0.175. The van der Waals surface area contributed by atoms with Crippen LogP contribution in [-0.4, -0.2) is 49.0 Å². The lowest BCUT2D eigenvalue weighted by Crippen LogP contribution is -2.27. The normalized spacial score (nSPS) is 20.5. The van der Waals surface area contributed by atoms with Crippen LogP contribution >= 0.6 is 11.6 Å². The van der Waals surface area contributed by atoms with Gasteiger partial charge in [0.1, 0.15) is 47.2 Å². The molecule has 5 heterocycles. The lowest BCUT2D eigenvalue weighted by molar-refractivity contribution is -0.147. The second kappa shape index (κ2) is 11.1. The van der Waals surface area contributed by atoms with E-state index in [2.05, 4.69) is 20.9 Å². The van der Waals surface area contributed by atoms with Crippen LogP contribution in [0.25, 0.3) is 27.6 Å². The maximum atomic E-state index is 15.4. The first-order chi connectivity index (χ1) is 22.3. The zero-order chi connectivity index (χ0) is 31.6. The molecule has 234 valence electrons. The van der Waals surface area contributed by atoms with E-state index in [0.29, 0.717) is 41.1 Å². The van der Waals surface area contributed by atoms with Crippen LogP contribution < -0.4 is 10.1 Å². The van der Waals surface area contributed by atoms with Gasteiger partial charge in [-0.05, 0) is 79.8 Å². The molecule has 0 bridgehead atoms. The molecule has 9 nitrogen and oxygen atoms in total. The summed E-state index contributed by atoms with van der Waals surface area (Å²) in [5.41, 5.74) is 5.25. The van der Waals surface area contributed by atoms with Crippen LogP contribution in [0, 0.1) is 5.82 Å². The average molecular weight is 639 g/mol. The summed E-state index contributed by atoms with van der Waals surface area (Å²) < 4.78 is 37.5. The van der Waals surface area contributed by atoms with Gasteiger partial charge >= 0.3 is 0 Å². The number of pyridine rings is 1. The van der Waals surface area contributed by atoms with Crippen molar-refractivity contribution in [2.45, 2.75) is 57.3 Å². The Kier molecular flexibility index (Phi) is 6.97. The molecule has 0 radical (unpaired) electrons. The summed E-state index contributed by atoms with van der Waals surface area (Å²) in [5.74, 6) is 0.212. The van der Waals surface area contributed by atoms with Crippen LogP contribution in [0.1, 0.15) is 37.4 Å². The van der Waals surface area contributed by atoms with Crippen LogP contribution in [0.3, 0.4) is 0 Å². The molecule has 1 saturated heterocycles. The van der Waals surface area contributed by atoms with Crippen molar-refractivity contribution < 1.29 is 18.6 Å². The highest BCUT2D eigenvalue weighted by Gasteiger charge is 2.50. The number of nitrogens with zero attached hydrogens (tertiary/aromatic N) is 5. The first-order valence-electron chi connectivity index (χ1n) is 15.3. The van der Waals surface area contributed by atoms with Crippen molar-refractivity contribution in [3.63, 3.8) is 0 Å². The summed E-state index contributed by atoms with van der Waals surface area (Å²) in [7, 11) is 1.64. The molecule has 8 rings (SSSR count). The Bertz CT molecular complexity index is 2140. The Morgan fingerprint density at radius 2 is 1.83 bits per heavy atom. The zero-order valence-electron chi connectivity index (χ0n) is 25.6. The van der Waals surface area contributed by atoms with Crippen molar-refractivity contribution in [3.05, 3.63) is 107 Å². The molecule has 2 aliphatic rings. The summed E-state index contributed by atoms with van der Waals surface area (Å²) in [6.45, 7) is 4.39. The first kappa shape index (κ1) is 28.9. The van der Waals surface area contributed by atoms with E-state index >= 15 is 4.39 Å². The van der Waals surface area contributed by atoms with Gasteiger partial charge < -0.3 is 24.1 Å². The molecular weight excluding hydrogens is 607 g/mol. The minimum absolute atomic E-state index is 0.110. The zero-order valence-corrected chi connectivity index (χ0v) is 26.3. The fraction of sp³-hybridized carbons (Fsp3) is 0.286. The molecule has 1 N–H and O–H groups in total. The Labute approximate surface area is 269 Å². The minimum atomic E-state index is -0.729. The number of ether oxygens (including phenoxy) is 3. The fourth-order valence-electron chi connectivity index (χ4n) is 6.67. The van der Waals surface area contributed by atoms with Crippen LogP contribution in [0.2, 0.25) is 5.02 Å². The largest absolute Gasteiger partial charge is 0.497 e. The van der Waals surface area contributed by atoms with Crippen molar-refractivity contribution in [3.8, 4) is 5.75 Å². The third-order valence-corrected chi connectivity index (χ3v) is 9.14. The van der Waals surface area contributed by atoms with Gasteiger partial charge in [-0.1, -0.05) is 29.8 Å². The van der Waals surface area contributed by atoms with Gasteiger partial charge in [-0.15, -0.1) is 0 Å². The molecule has 0 spiro atoms. The van der Waals surface area contributed by atoms with Crippen molar-refractivity contribution in [2.24, 2.45) is 0 Å². The number of anilines is 1. The summed E-state index contributed by atoms with van der Waals surface area (Å²) >= 11 is 6.51. The molecule has 46 heavy (non-hydrogen) atoms. The lowest BCUT2D eigenvalue weighted by atomic mass is 10.0. The van der Waals surface area contributed by atoms with E-state index in [1.165, 1.54) is 0 Å². The molecule has 0 unspecified atom stereocenters. The Hall–Kier alpha value is -4.51. The molecule has 6 aromatic rings. The van der Waals surface area contributed by atoms with E-state index in [1.807, 2.05) is 67.0 Å². The monoisotopic (exact) mass is 638 g/mol. The number of imidazole rings is 1. The summed E-state index contributed by atoms with van der Waals surface area (Å²) in [6, 6.07) is 14.8. The molecule has 2 aromatic carbocycles. The van der Waals surface area contributed by atoms with E-state index < -0.39 is 5.79 Å². The highest BCUT2D eigenvalue weighted by Crippen LogP contribution is 2.45. The van der Waals surface area contributed by atoms with E-state index in [9.17, 15) is 0 Å². The lowest BCUT2D eigenvalue weighted by Gasteiger charge is -2.22. The van der Waals surface area contributed by atoms with Crippen molar-refractivity contribution in [1.29, 1.82) is 0 Å². The second-order valence-corrected chi connectivity index (χ2v) is 12.7. The number of aromatic nitrogens is 5. The number of nitrogens with one attached hydrogen (secondary N) is 1. The standard InChI is InChI=1S/C35H32ClFN6O3/c1-35(2)45-30-22(16-29(31(30)46-35)43-12-10-24-33-38-11-13-42(33)19-40-34(24)43)7-4-21-14-27(37)25-17-26(36)32(41-28(25)15-21)39-18-20-5-8-23(44-3)9-6-20/h5-6,8-17,19,29-31H,4,7,18H2,1-3H3,(H,39,41)/t29-,30-,31+/m1/s1. The van der Waals surface area contributed by atoms with E-state index in [0.717, 1.165) is 39.1 Å². The summed E-state index contributed by atoms with van der Waals surface area (Å²) in [5, 5.41) is 5.01. The average Bonchev–Trinajstić information content (AvgIpc) is 3.82. The number of aryl methyl sites for hydroxylation is 1. The molecule has 1 aliphatic heterocycles. The maximum Gasteiger partial charge on any atom is 0.164 e. The molecule has 11 heteroatoms. The van der Waals surface area contributed by atoms with Gasteiger partial charge in [-0.3, -0.25) is 4.40 Å². The number of rotatable bonds is 8. The molecule has 0 amide bonds. The van der Waals surface area contributed by atoms with Gasteiger partial charge in [-0.2, -0.15) is 0 Å². The number of hydrogen-bond donors (Lipinski definition) is 1. The van der Waals surface area contributed by atoms with Gasteiger partial charge in [0.2, 0.25) is 0 Å². The third-order valence-electron chi connectivity index (χ3n) is 8.86. The topological polar surface area (TPSA) is 87.7 Å². The summed E-state index contributed by atoms with van der Waals surface area (Å²) in [6.07, 6.45) is 10.6. The van der Waals surface area contributed by atoms with Crippen molar-refractivity contribution in [1.82, 2.24) is 23.9 Å². The number of methoxy groups -OCH3 is 1. The van der Waals surface area contributed by atoms with Crippen molar-refractivity contribution >= 4 is 45.0 Å². The van der Waals surface area contributed by atoms with Gasteiger partial charge in [0.05, 0.1) is 29.1 Å². The van der Waals surface area contributed by atoms with Crippen LogP contribution in [0.4, 0.5) is 10.2 Å². The van der Waals surface area contributed by atoms with Crippen LogP contribution in [-0.2, 0) is 22.4 Å². The fourth-order valence-corrected chi connectivity index (χ4v) is 6.89. The Balaban J connectivity index is 1.05. The molecule has 1 aliphatic carbocycles. The Morgan fingerprint density at radius 3 is 2.65 bits per heavy atom. The number of halogens is 2. The molecule has 4 aromatic heterocycles. The van der Waals surface area contributed by atoms with E-state index in [4.69, 9.17) is 35.8 Å². The van der Waals surface area contributed by atoms with Crippen LogP contribution in [0.5, 0.6) is 5.75 Å². The smallest absolute Gasteiger partial charge is 0.164 e. The highest BCUT2D eigenvalue weighted by atomic mass is 35.5. The molecule has 1 fully saturated rings. The maximum absolute atomic E-state index is 15.4. The van der Waals surface area contributed by atoms with E-state index in [-0.39, 0.29) is 24.1 Å². The SMILES string of the molecule is COc1ccc(CNc2nc3cc(CCC4=C[C@@H](n5ccc6c5ncn5ccnc65)[C@@H]5OC(C)(C)O[C@H]45)cc(F)c3cc2Cl)cc1. The first-order valence-corrected chi connectivity index (χ1v) is 15.6. The van der Waals surface area contributed by atoms with Gasteiger partial charge in [0.15, 0.2) is 5.79 Å². The van der Waals surface area contributed by atoms with Crippen molar-refractivity contribution in [2.75, 3.05) is 12.4 Å². The molecular formula is C35H32ClFN6O3. The predicted octanol–water partition coefficient (Wildman–Crippen LogP) is 7.28. The third kappa shape index (κ3) is 5.06. The van der Waals surface area contributed by atoms with E-state index in [1.54, 1.807) is 31.8 Å². The number of hydrogen-bond acceptors (Lipinski definition) is 7. The number of benzene rings is 2. The highest BCUT2D eigenvalue weighted by molar-refractivity contribution is 6.33. The van der Waals surface area contributed by atoms with Crippen LogP contribution in [0.15, 0.2) is 85.1 Å². The van der Waals surface area contributed by atoms with Gasteiger partial charge in [-0.25, -0.2) is 19.3 Å². The molecule has 0 saturated carbocycles. The van der Waals surface area contributed by atoms with Gasteiger partial charge in [0, 0.05) is 30.5 Å². The minimum Gasteiger partial charge on any atom is -0.497 e.